The Morgan fingerprint density at radius 3 is 2.47 bits per heavy atom. The fraction of sp³-hybridized carbons (Fsp3) is 0.533. The van der Waals surface area contributed by atoms with E-state index >= 15 is 0 Å². The molecular formula is C15H20ClNOS. The summed E-state index contributed by atoms with van der Waals surface area (Å²) in [5.41, 5.74) is 0. The molecule has 4 heteroatoms. The van der Waals surface area contributed by atoms with E-state index < -0.39 is 0 Å². The molecule has 1 aliphatic rings. The van der Waals surface area contributed by atoms with Crippen molar-refractivity contribution >= 4 is 29.3 Å². The van der Waals surface area contributed by atoms with Crippen molar-refractivity contribution in [3.8, 4) is 0 Å². The van der Waals surface area contributed by atoms with E-state index in [0.717, 1.165) is 42.3 Å². The lowest BCUT2D eigenvalue weighted by atomic mass is 10.1. The van der Waals surface area contributed by atoms with Gasteiger partial charge in [-0.25, -0.2) is 0 Å². The fourth-order valence-electron chi connectivity index (χ4n) is 2.30. The van der Waals surface area contributed by atoms with Crippen molar-refractivity contribution in [2.75, 3.05) is 13.1 Å². The normalized spacial score (nSPS) is 17.3. The van der Waals surface area contributed by atoms with E-state index in [1.54, 1.807) is 11.8 Å². The fourth-order valence-corrected chi connectivity index (χ4v) is 3.47. The summed E-state index contributed by atoms with van der Waals surface area (Å²) < 4.78 is 0. The summed E-state index contributed by atoms with van der Waals surface area (Å²) in [6.07, 6.45) is 4.41. The van der Waals surface area contributed by atoms with Crippen molar-refractivity contribution in [2.24, 2.45) is 0 Å². The Hall–Kier alpha value is -0.670. The molecule has 0 N–H and O–H groups in total. The van der Waals surface area contributed by atoms with Gasteiger partial charge in [0.05, 0.1) is 5.25 Å². The van der Waals surface area contributed by atoms with Crippen LogP contribution in [0.15, 0.2) is 29.2 Å². The molecule has 1 aromatic rings. The molecule has 1 aromatic carbocycles. The number of amides is 1. The van der Waals surface area contributed by atoms with Gasteiger partial charge in [-0.3, -0.25) is 4.79 Å². The Morgan fingerprint density at radius 2 is 1.89 bits per heavy atom. The highest BCUT2D eigenvalue weighted by molar-refractivity contribution is 8.00. The average Bonchev–Trinajstić information content (AvgIpc) is 2.47. The minimum atomic E-state index is 0.0271. The topological polar surface area (TPSA) is 20.3 Å². The van der Waals surface area contributed by atoms with Gasteiger partial charge >= 0.3 is 0 Å². The molecule has 0 unspecified atom stereocenters. The second-order valence-electron chi connectivity index (χ2n) is 4.85. The van der Waals surface area contributed by atoms with Crippen molar-refractivity contribution in [1.29, 1.82) is 0 Å². The minimum Gasteiger partial charge on any atom is -0.342 e. The third kappa shape index (κ3) is 4.15. The van der Waals surface area contributed by atoms with Crippen molar-refractivity contribution in [1.82, 2.24) is 4.90 Å². The lowest BCUT2D eigenvalue weighted by Crippen LogP contribution is -2.40. The largest absolute Gasteiger partial charge is 0.342 e. The van der Waals surface area contributed by atoms with E-state index in [1.807, 2.05) is 29.2 Å². The summed E-state index contributed by atoms with van der Waals surface area (Å²) in [5.74, 6) is 0.294. The van der Waals surface area contributed by atoms with Crippen LogP contribution in [-0.2, 0) is 4.79 Å². The van der Waals surface area contributed by atoms with Gasteiger partial charge in [-0.2, -0.15) is 0 Å². The highest BCUT2D eigenvalue weighted by Crippen LogP contribution is 2.28. The highest BCUT2D eigenvalue weighted by atomic mass is 35.5. The number of benzene rings is 1. The van der Waals surface area contributed by atoms with E-state index in [1.165, 1.54) is 6.42 Å². The van der Waals surface area contributed by atoms with Crippen LogP contribution in [0.2, 0.25) is 5.02 Å². The van der Waals surface area contributed by atoms with E-state index in [0.29, 0.717) is 5.91 Å². The number of carbonyl (C=O) groups excluding carboxylic acids is 1. The van der Waals surface area contributed by atoms with Crippen LogP contribution >= 0.6 is 23.4 Å². The van der Waals surface area contributed by atoms with Gasteiger partial charge in [0, 0.05) is 23.0 Å². The molecule has 1 atom stereocenters. The zero-order valence-electron chi connectivity index (χ0n) is 11.3. The Kier molecular flexibility index (Phi) is 5.59. The first-order valence-corrected chi connectivity index (χ1v) is 8.17. The van der Waals surface area contributed by atoms with Gasteiger partial charge in [-0.05, 0) is 49.9 Å². The highest BCUT2D eigenvalue weighted by Gasteiger charge is 2.24. The quantitative estimate of drug-likeness (QED) is 0.775. The number of hydrogen-bond donors (Lipinski definition) is 0. The summed E-state index contributed by atoms with van der Waals surface area (Å²) >= 11 is 7.53. The van der Waals surface area contributed by atoms with E-state index in [9.17, 15) is 4.79 Å². The van der Waals surface area contributed by atoms with E-state index in [4.69, 9.17) is 11.6 Å². The zero-order valence-corrected chi connectivity index (χ0v) is 12.8. The summed E-state index contributed by atoms with van der Waals surface area (Å²) in [6.45, 7) is 3.93. The maximum Gasteiger partial charge on any atom is 0.236 e. The first kappa shape index (κ1) is 14.7. The predicted molar refractivity (Wildman–Crippen MR) is 81.8 cm³/mol. The van der Waals surface area contributed by atoms with Crippen molar-refractivity contribution in [2.45, 2.75) is 42.8 Å². The molecule has 0 bridgehead atoms. The van der Waals surface area contributed by atoms with Crippen molar-refractivity contribution in [3.05, 3.63) is 29.3 Å². The SMILES string of the molecule is CC[C@@H](Sc1ccc(Cl)cc1)C(=O)N1CCCCC1. The molecule has 0 aromatic heterocycles. The first-order chi connectivity index (χ1) is 9.20. The van der Waals surface area contributed by atoms with Gasteiger partial charge in [0.15, 0.2) is 0 Å². The number of piperidine rings is 1. The molecule has 0 radical (unpaired) electrons. The van der Waals surface area contributed by atoms with Gasteiger partial charge in [0.1, 0.15) is 0 Å². The van der Waals surface area contributed by atoms with Crippen LogP contribution in [-0.4, -0.2) is 29.1 Å². The molecule has 1 heterocycles. The van der Waals surface area contributed by atoms with Gasteiger partial charge < -0.3 is 4.90 Å². The Morgan fingerprint density at radius 1 is 1.26 bits per heavy atom. The maximum absolute atomic E-state index is 12.5. The molecular weight excluding hydrogens is 278 g/mol. The number of rotatable bonds is 4. The number of nitrogens with zero attached hydrogens (tertiary/aromatic N) is 1. The van der Waals surface area contributed by atoms with Crippen LogP contribution in [0.3, 0.4) is 0 Å². The molecule has 1 fully saturated rings. The Bertz CT molecular complexity index is 415. The summed E-state index contributed by atoms with van der Waals surface area (Å²) in [5, 5.41) is 0.763. The first-order valence-electron chi connectivity index (χ1n) is 6.91. The molecule has 0 saturated carbocycles. The average molecular weight is 298 g/mol. The monoisotopic (exact) mass is 297 g/mol. The van der Waals surface area contributed by atoms with E-state index in [-0.39, 0.29) is 5.25 Å². The molecule has 104 valence electrons. The second-order valence-corrected chi connectivity index (χ2v) is 6.57. The molecule has 0 aliphatic carbocycles. The lowest BCUT2D eigenvalue weighted by molar-refractivity contribution is -0.131. The van der Waals surface area contributed by atoms with Gasteiger partial charge in [0.25, 0.3) is 0 Å². The molecule has 2 rings (SSSR count). The van der Waals surface area contributed by atoms with Crippen molar-refractivity contribution in [3.63, 3.8) is 0 Å². The Balaban J connectivity index is 1.98. The van der Waals surface area contributed by atoms with Crippen LogP contribution in [0.4, 0.5) is 0 Å². The van der Waals surface area contributed by atoms with Gasteiger partial charge in [-0.15, -0.1) is 11.8 Å². The van der Waals surface area contributed by atoms with Crippen LogP contribution in [0, 0.1) is 0 Å². The van der Waals surface area contributed by atoms with Crippen LogP contribution < -0.4 is 0 Å². The molecule has 0 spiro atoms. The zero-order chi connectivity index (χ0) is 13.7. The van der Waals surface area contributed by atoms with Crippen LogP contribution in [0.1, 0.15) is 32.6 Å². The molecule has 1 saturated heterocycles. The number of hydrogen-bond acceptors (Lipinski definition) is 2. The van der Waals surface area contributed by atoms with Crippen molar-refractivity contribution < 1.29 is 4.79 Å². The third-order valence-corrected chi connectivity index (χ3v) is 5.02. The molecule has 1 amide bonds. The standard InChI is InChI=1S/C15H20ClNOS/c1-2-14(15(18)17-10-4-3-5-11-17)19-13-8-6-12(16)7-9-13/h6-9,14H,2-5,10-11H2,1H3/t14-/m1/s1. The second kappa shape index (κ2) is 7.20. The predicted octanol–water partition coefficient (Wildman–Crippen LogP) is 4.22. The molecule has 19 heavy (non-hydrogen) atoms. The summed E-state index contributed by atoms with van der Waals surface area (Å²) in [4.78, 5) is 15.6. The van der Waals surface area contributed by atoms with Gasteiger partial charge in [-0.1, -0.05) is 18.5 Å². The van der Waals surface area contributed by atoms with Gasteiger partial charge in [0.2, 0.25) is 5.91 Å². The number of thioether (sulfide) groups is 1. The minimum absolute atomic E-state index is 0.0271. The van der Waals surface area contributed by atoms with Crippen LogP contribution in [0.5, 0.6) is 0 Å². The summed E-state index contributed by atoms with van der Waals surface area (Å²) in [7, 11) is 0. The number of carbonyl (C=O) groups is 1. The van der Waals surface area contributed by atoms with E-state index in [2.05, 4.69) is 6.92 Å². The number of halogens is 1. The summed E-state index contributed by atoms with van der Waals surface area (Å²) in [6, 6.07) is 7.72. The third-order valence-electron chi connectivity index (χ3n) is 3.41. The molecule has 2 nitrogen and oxygen atoms in total. The lowest BCUT2D eigenvalue weighted by Gasteiger charge is -2.29. The number of likely N-dealkylation sites (tertiary alicyclic amines) is 1. The van der Waals surface area contributed by atoms with Crippen LogP contribution in [0.25, 0.3) is 0 Å². The Labute approximate surface area is 124 Å². The smallest absolute Gasteiger partial charge is 0.236 e. The maximum atomic E-state index is 12.5. The molecule has 1 aliphatic heterocycles.